The number of para-hydroxylation sites is 3. The fourth-order valence-electron chi connectivity index (χ4n) is 3.86. The second kappa shape index (κ2) is 21.6. The molecule has 0 radical (unpaired) electrons. The van der Waals surface area contributed by atoms with Crippen LogP contribution in [0.4, 0.5) is 17.1 Å². The first-order valence-corrected chi connectivity index (χ1v) is 22.6. The van der Waals surface area contributed by atoms with Crippen LogP contribution in [0, 0.1) is 16.2 Å². The number of rotatable bonds is 7. The fourth-order valence-corrected chi connectivity index (χ4v) is 19.9. The van der Waals surface area contributed by atoms with E-state index in [0.29, 0.717) is 10.3 Å². The van der Waals surface area contributed by atoms with E-state index < -0.39 is 0 Å². The Kier molecular flexibility index (Phi) is 20.9. The Hall–Kier alpha value is -1.47. The summed E-state index contributed by atoms with van der Waals surface area (Å²) in [5, 5.41) is 14.5. The van der Waals surface area contributed by atoms with Crippen molar-refractivity contribution in [1.82, 2.24) is 0 Å². The average molecular weight is 756 g/mol. The molecule has 47 heavy (non-hydrogen) atoms. The standard InChI is InChI=1S/3C11H16N.C8H18P2.Nb/c3*1-11(2,3)9-12-10-7-5-4-6-8-10;1-7(2,3)10(9)8(4,5)6;/h3*4-8H,9H2,1-3H3;1-6H3;/q3*-1;;. The number of nitrogens with zero attached hydrogens (tertiary/aromatic N) is 3. The molecule has 0 aliphatic carbocycles. The van der Waals surface area contributed by atoms with Crippen LogP contribution in [0.3, 0.4) is 0 Å². The molecule has 0 unspecified atom stereocenters. The Morgan fingerprint density at radius 1 is 0.426 bits per heavy atom. The van der Waals surface area contributed by atoms with Crippen LogP contribution in [0.25, 0.3) is 16.0 Å². The summed E-state index contributed by atoms with van der Waals surface area (Å²) in [5.41, 5.74) is 5.72. The zero-order valence-corrected chi connectivity index (χ0v) is 36.5. The summed E-state index contributed by atoms with van der Waals surface area (Å²) in [7, 11) is 0.154. The van der Waals surface area contributed by atoms with Crippen LogP contribution in [0.1, 0.15) is 104 Å². The van der Waals surface area contributed by atoms with Crippen molar-refractivity contribution in [3.05, 3.63) is 107 Å². The number of benzene rings is 3. The molecule has 0 aromatic heterocycles. The molecular formula is C41H66N3NbP2-3. The van der Waals surface area contributed by atoms with Gasteiger partial charge in [-0.25, -0.2) is 0 Å². The molecule has 3 rings (SSSR count). The van der Waals surface area contributed by atoms with E-state index in [0.717, 1.165) is 36.7 Å². The number of hydrogen-bond donors (Lipinski definition) is 0. The minimum absolute atomic E-state index is 0.154. The van der Waals surface area contributed by atoms with E-state index in [-0.39, 0.29) is 23.9 Å². The van der Waals surface area contributed by atoms with Gasteiger partial charge in [-0.2, -0.15) is 0 Å². The van der Waals surface area contributed by atoms with E-state index >= 15 is 0 Å². The van der Waals surface area contributed by atoms with E-state index in [9.17, 15) is 0 Å². The normalized spacial score (nSPS) is 12.0. The Morgan fingerprint density at radius 2 is 0.638 bits per heavy atom. The fraction of sp³-hybridized carbons (Fsp3) is 0.561. The van der Waals surface area contributed by atoms with Gasteiger partial charge < -0.3 is 16.0 Å². The van der Waals surface area contributed by atoms with Gasteiger partial charge in [0.2, 0.25) is 0 Å². The van der Waals surface area contributed by atoms with Crippen molar-refractivity contribution in [2.75, 3.05) is 19.6 Å². The van der Waals surface area contributed by atoms with Crippen LogP contribution in [-0.2, 0) is 20.0 Å². The van der Waals surface area contributed by atoms with E-state index in [1.807, 2.05) is 111 Å². The van der Waals surface area contributed by atoms with E-state index in [4.69, 9.17) is 0 Å². The van der Waals surface area contributed by atoms with Crippen LogP contribution in [0.2, 0.25) is 0 Å². The summed E-state index contributed by atoms with van der Waals surface area (Å²) in [6.07, 6.45) is 0. The first kappa shape index (κ1) is 45.5. The molecule has 0 bridgehead atoms. The van der Waals surface area contributed by atoms with E-state index in [1.165, 1.54) is 0 Å². The molecule has 0 fully saturated rings. The van der Waals surface area contributed by atoms with Crippen molar-refractivity contribution in [1.29, 1.82) is 0 Å². The minimum atomic E-state index is 0.154. The topological polar surface area (TPSA) is 42.3 Å². The van der Waals surface area contributed by atoms with Gasteiger partial charge in [-0.05, 0) is 0 Å². The molecule has 0 aliphatic rings. The van der Waals surface area contributed by atoms with Gasteiger partial charge in [0.15, 0.2) is 0 Å². The number of hydrogen-bond acceptors (Lipinski definition) is 0. The molecule has 0 amide bonds. The van der Waals surface area contributed by atoms with Crippen LogP contribution >= 0.6 is 13.3 Å². The van der Waals surface area contributed by atoms with Crippen molar-refractivity contribution in [2.24, 2.45) is 16.2 Å². The third-order valence-electron chi connectivity index (χ3n) is 5.84. The molecule has 0 aliphatic heterocycles. The van der Waals surface area contributed by atoms with Gasteiger partial charge in [0.25, 0.3) is 0 Å². The molecule has 0 saturated heterocycles. The Labute approximate surface area is 305 Å². The maximum atomic E-state index is 4.48. The monoisotopic (exact) mass is 755 g/mol. The van der Waals surface area contributed by atoms with Crippen LogP contribution in [0.5, 0.6) is 0 Å². The first-order valence-electron chi connectivity index (χ1n) is 16.8. The second-order valence-electron chi connectivity index (χ2n) is 17.4. The third kappa shape index (κ3) is 27.1. The van der Waals surface area contributed by atoms with E-state index in [1.54, 1.807) is 5.70 Å². The van der Waals surface area contributed by atoms with Crippen LogP contribution < -0.4 is 0 Å². The molecule has 0 spiro atoms. The quantitative estimate of drug-likeness (QED) is 0.170. The van der Waals surface area contributed by atoms with Gasteiger partial charge >= 0.3 is 85.2 Å². The Balaban J connectivity index is 0.000000601. The van der Waals surface area contributed by atoms with Crippen molar-refractivity contribution in [3.63, 3.8) is 0 Å². The Morgan fingerprint density at radius 3 is 0.766 bits per heavy atom. The molecule has 0 atom stereocenters. The van der Waals surface area contributed by atoms with Gasteiger partial charge in [-0.15, -0.1) is 36.7 Å². The summed E-state index contributed by atoms with van der Waals surface area (Å²) < 4.78 is 0. The van der Waals surface area contributed by atoms with E-state index in [2.05, 4.69) is 120 Å². The SMILES string of the molecule is CC(C)(C)C[N-]c1ccccc1.CC(C)(C)C[N-]c1ccccc1.CC(C)(C)C[N-]c1ccccc1.CC(C)(C)P([P]=[Nb])C(C)(C)C. The molecule has 263 valence electrons. The van der Waals surface area contributed by atoms with Gasteiger partial charge in [-0.1, -0.05) is 170 Å². The summed E-state index contributed by atoms with van der Waals surface area (Å²) >= 11 is 1.95. The van der Waals surface area contributed by atoms with Crippen molar-refractivity contribution < 1.29 is 20.0 Å². The summed E-state index contributed by atoms with van der Waals surface area (Å²) in [6, 6.07) is 30.3. The molecule has 0 heterocycles. The molecule has 6 heteroatoms. The summed E-state index contributed by atoms with van der Waals surface area (Å²) in [4.78, 5) is 0. The molecule has 0 saturated carbocycles. The molecule has 3 aromatic carbocycles. The zero-order valence-electron chi connectivity index (χ0n) is 32.5. The average Bonchev–Trinajstić information content (AvgIpc) is 2.94. The van der Waals surface area contributed by atoms with Crippen molar-refractivity contribution >= 4 is 30.4 Å². The first-order chi connectivity index (χ1) is 21.4. The van der Waals surface area contributed by atoms with Gasteiger partial charge in [0.05, 0.1) is 0 Å². The Bertz CT molecular complexity index is 1060. The predicted octanol–water partition coefficient (Wildman–Crippen LogP) is 15.6. The zero-order chi connectivity index (χ0) is 36.4. The van der Waals surface area contributed by atoms with Crippen molar-refractivity contribution in [2.45, 2.75) is 114 Å². The van der Waals surface area contributed by atoms with Crippen LogP contribution in [-0.4, -0.2) is 29.9 Å². The third-order valence-corrected chi connectivity index (χ3v) is 16.7. The molecule has 3 nitrogen and oxygen atoms in total. The van der Waals surface area contributed by atoms with Crippen molar-refractivity contribution in [3.8, 4) is 0 Å². The summed E-state index contributed by atoms with van der Waals surface area (Å²) in [5.74, 6) is 0. The molecular weight excluding hydrogens is 689 g/mol. The second-order valence-corrected chi connectivity index (χ2v) is 26.6. The molecule has 3 aromatic rings. The maximum absolute atomic E-state index is 4.48. The van der Waals surface area contributed by atoms with Gasteiger partial charge in [0.1, 0.15) is 0 Å². The molecule has 0 N–H and O–H groups in total. The van der Waals surface area contributed by atoms with Gasteiger partial charge in [-0.3, -0.25) is 0 Å². The van der Waals surface area contributed by atoms with Gasteiger partial charge in [0, 0.05) is 0 Å². The van der Waals surface area contributed by atoms with Crippen LogP contribution in [0.15, 0.2) is 91.0 Å². The summed E-state index contributed by atoms with van der Waals surface area (Å²) in [6.45, 7) is 36.6. The predicted molar refractivity (Wildman–Crippen MR) is 215 cm³/mol.